The van der Waals surface area contributed by atoms with Gasteiger partial charge in [0.15, 0.2) is 0 Å². The van der Waals surface area contributed by atoms with Crippen LogP contribution in [0.25, 0.3) is 0 Å². The fraction of sp³-hybridized carbons (Fsp3) is 0.538. The third-order valence-electron chi connectivity index (χ3n) is 3.17. The van der Waals surface area contributed by atoms with E-state index in [4.69, 9.17) is 5.11 Å². The Balaban J connectivity index is 2.34. The second kappa shape index (κ2) is 4.77. The highest BCUT2D eigenvalue weighted by molar-refractivity contribution is 5.36. The summed E-state index contributed by atoms with van der Waals surface area (Å²) in [4.78, 5) is 2.37. The zero-order valence-corrected chi connectivity index (χ0v) is 9.37. The molecule has 0 bridgehead atoms. The van der Waals surface area contributed by atoms with E-state index in [0.29, 0.717) is 0 Å². The first-order chi connectivity index (χ1) is 7.31. The normalized spacial score (nSPS) is 17.2. The summed E-state index contributed by atoms with van der Waals surface area (Å²) in [6.07, 6.45) is 3.21. The van der Waals surface area contributed by atoms with Gasteiger partial charge in [-0.3, -0.25) is 0 Å². The van der Waals surface area contributed by atoms with Crippen LogP contribution in [0.2, 0.25) is 0 Å². The highest BCUT2D eigenvalue weighted by atomic mass is 16.2. The Morgan fingerprint density at radius 1 is 1.40 bits per heavy atom. The van der Waals surface area contributed by atoms with Crippen LogP contribution in [0, 0.1) is 0 Å². The van der Waals surface area contributed by atoms with E-state index in [-0.39, 0.29) is 6.61 Å². The molecule has 0 aromatic heterocycles. The third-order valence-corrected chi connectivity index (χ3v) is 3.17. The number of fused-ring (bicyclic) bond motifs is 1. The van der Waals surface area contributed by atoms with Crippen LogP contribution in [0.1, 0.15) is 23.1 Å². The molecule has 1 aliphatic heterocycles. The molecule has 0 spiro atoms. The van der Waals surface area contributed by atoms with Crippen LogP contribution in [0.3, 0.4) is 0 Å². The molecule has 1 aliphatic rings. The van der Waals surface area contributed by atoms with Gasteiger partial charge in [-0.25, -0.2) is 0 Å². The van der Waals surface area contributed by atoms with Gasteiger partial charge >= 0.3 is 0 Å². The summed E-state index contributed by atoms with van der Waals surface area (Å²) in [5.74, 6) is 0. The van der Waals surface area contributed by atoms with Gasteiger partial charge in [0.2, 0.25) is 0 Å². The molecule has 0 saturated heterocycles. The number of aryl methyl sites for hydroxylation is 1. The van der Waals surface area contributed by atoms with Crippen LogP contribution in [0.15, 0.2) is 18.2 Å². The minimum atomic E-state index is 0.250. The zero-order valence-electron chi connectivity index (χ0n) is 9.37. The minimum Gasteiger partial charge on any atom is -0.396 e. The second-order valence-electron chi connectivity index (χ2n) is 4.37. The standard InChI is InChI=1S/C13H19NO/c1-14-8-3-6-11-4-2-5-12(7-9-15)13(11)10-14/h2,4-5,15H,3,6-10H2,1H3. The summed E-state index contributed by atoms with van der Waals surface area (Å²) < 4.78 is 0. The first-order valence-corrected chi connectivity index (χ1v) is 5.70. The van der Waals surface area contributed by atoms with Gasteiger partial charge in [-0.05, 0) is 49.5 Å². The number of hydrogen-bond acceptors (Lipinski definition) is 2. The number of nitrogens with zero attached hydrogens (tertiary/aromatic N) is 1. The maximum absolute atomic E-state index is 9.04. The molecule has 1 heterocycles. The number of hydrogen-bond donors (Lipinski definition) is 1. The van der Waals surface area contributed by atoms with Gasteiger partial charge in [0.1, 0.15) is 0 Å². The van der Waals surface area contributed by atoms with Crippen LogP contribution < -0.4 is 0 Å². The summed E-state index contributed by atoms with van der Waals surface area (Å²) in [5, 5.41) is 9.04. The van der Waals surface area contributed by atoms with Crippen molar-refractivity contribution < 1.29 is 5.11 Å². The fourth-order valence-electron chi connectivity index (χ4n) is 2.37. The fourth-order valence-corrected chi connectivity index (χ4v) is 2.37. The van der Waals surface area contributed by atoms with E-state index in [0.717, 1.165) is 13.0 Å². The molecule has 0 amide bonds. The predicted octanol–water partition coefficient (Wildman–Crippen LogP) is 1.60. The van der Waals surface area contributed by atoms with Gasteiger partial charge in [0.05, 0.1) is 0 Å². The molecule has 15 heavy (non-hydrogen) atoms. The average Bonchev–Trinajstić information content (AvgIpc) is 2.40. The minimum absolute atomic E-state index is 0.250. The number of aliphatic hydroxyl groups excluding tert-OH is 1. The zero-order chi connectivity index (χ0) is 10.7. The van der Waals surface area contributed by atoms with Crippen molar-refractivity contribution >= 4 is 0 Å². The molecule has 0 aliphatic carbocycles. The van der Waals surface area contributed by atoms with E-state index >= 15 is 0 Å². The van der Waals surface area contributed by atoms with Gasteiger partial charge in [0, 0.05) is 13.2 Å². The molecule has 1 aromatic rings. The Morgan fingerprint density at radius 3 is 3.07 bits per heavy atom. The average molecular weight is 205 g/mol. The Hall–Kier alpha value is -0.860. The molecule has 0 atom stereocenters. The third kappa shape index (κ3) is 2.39. The predicted molar refractivity (Wildman–Crippen MR) is 61.9 cm³/mol. The van der Waals surface area contributed by atoms with Crippen molar-refractivity contribution in [3.63, 3.8) is 0 Å². The molecule has 1 N–H and O–H groups in total. The lowest BCUT2D eigenvalue weighted by Gasteiger charge is -2.16. The van der Waals surface area contributed by atoms with Crippen LogP contribution in [0.5, 0.6) is 0 Å². The lowest BCUT2D eigenvalue weighted by molar-refractivity contribution is 0.297. The lowest BCUT2D eigenvalue weighted by Crippen LogP contribution is -2.18. The Bertz CT molecular complexity index is 335. The van der Waals surface area contributed by atoms with E-state index in [1.54, 1.807) is 0 Å². The second-order valence-corrected chi connectivity index (χ2v) is 4.37. The molecule has 0 radical (unpaired) electrons. The molecule has 82 valence electrons. The molecule has 1 aromatic carbocycles. The van der Waals surface area contributed by atoms with Gasteiger partial charge < -0.3 is 10.0 Å². The highest BCUT2D eigenvalue weighted by Gasteiger charge is 2.13. The van der Waals surface area contributed by atoms with Crippen molar-refractivity contribution in [2.24, 2.45) is 0 Å². The molecular formula is C13H19NO. The first-order valence-electron chi connectivity index (χ1n) is 5.70. The number of benzene rings is 1. The van der Waals surface area contributed by atoms with Crippen LogP contribution in [0.4, 0.5) is 0 Å². The summed E-state index contributed by atoms with van der Waals surface area (Å²) in [6.45, 7) is 2.46. The number of aliphatic hydroxyl groups is 1. The summed E-state index contributed by atoms with van der Waals surface area (Å²) in [6, 6.07) is 6.50. The molecule has 0 saturated carbocycles. The monoisotopic (exact) mass is 205 g/mol. The summed E-state index contributed by atoms with van der Waals surface area (Å²) >= 11 is 0. The Morgan fingerprint density at radius 2 is 2.27 bits per heavy atom. The van der Waals surface area contributed by atoms with Gasteiger partial charge in [-0.15, -0.1) is 0 Å². The van der Waals surface area contributed by atoms with Crippen molar-refractivity contribution in [3.05, 3.63) is 34.9 Å². The lowest BCUT2D eigenvalue weighted by atomic mass is 9.97. The van der Waals surface area contributed by atoms with Crippen LogP contribution in [-0.4, -0.2) is 30.2 Å². The molecule has 0 fully saturated rings. The molecule has 0 unspecified atom stereocenters. The molecule has 2 nitrogen and oxygen atoms in total. The quantitative estimate of drug-likeness (QED) is 0.792. The number of rotatable bonds is 2. The van der Waals surface area contributed by atoms with E-state index in [1.807, 2.05) is 0 Å². The van der Waals surface area contributed by atoms with Crippen molar-refractivity contribution in [2.45, 2.75) is 25.8 Å². The van der Waals surface area contributed by atoms with Crippen molar-refractivity contribution in [1.29, 1.82) is 0 Å². The maximum Gasteiger partial charge on any atom is 0.0471 e. The van der Waals surface area contributed by atoms with Crippen molar-refractivity contribution in [1.82, 2.24) is 4.90 Å². The van der Waals surface area contributed by atoms with Gasteiger partial charge in [-0.2, -0.15) is 0 Å². The van der Waals surface area contributed by atoms with Crippen molar-refractivity contribution in [3.8, 4) is 0 Å². The van der Waals surface area contributed by atoms with E-state index in [9.17, 15) is 0 Å². The van der Waals surface area contributed by atoms with E-state index in [1.165, 1.54) is 36.1 Å². The first kappa shape index (κ1) is 10.7. The van der Waals surface area contributed by atoms with E-state index < -0.39 is 0 Å². The van der Waals surface area contributed by atoms with Gasteiger partial charge in [-0.1, -0.05) is 18.2 Å². The van der Waals surface area contributed by atoms with Crippen LogP contribution in [-0.2, 0) is 19.4 Å². The van der Waals surface area contributed by atoms with Crippen LogP contribution >= 0.6 is 0 Å². The summed E-state index contributed by atoms with van der Waals surface area (Å²) in [7, 11) is 2.17. The highest BCUT2D eigenvalue weighted by Crippen LogP contribution is 2.21. The molecular weight excluding hydrogens is 186 g/mol. The topological polar surface area (TPSA) is 23.5 Å². The van der Waals surface area contributed by atoms with Gasteiger partial charge in [0.25, 0.3) is 0 Å². The maximum atomic E-state index is 9.04. The Kier molecular flexibility index (Phi) is 3.39. The SMILES string of the molecule is CN1CCCc2cccc(CCO)c2C1. The molecule has 2 heteroatoms. The Labute approximate surface area is 91.5 Å². The molecule has 2 rings (SSSR count). The largest absolute Gasteiger partial charge is 0.396 e. The smallest absolute Gasteiger partial charge is 0.0471 e. The van der Waals surface area contributed by atoms with E-state index in [2.05, 4.69) is 30.1 Å². The van der Waals surface area contributed by atoms with Crippen molar-refractivity contribution in [2.75, 3.05) is 20.2 Å². The summed E-state index contributed by atoms with van der Waals surface area (Å²) in [5.41, 5.74) is 4.25.